The van der Waals surface area contributed by atoms with Crippen LogP contribution in [0.1, 0.15) is 67.9 Å². The predicted molar refractivity (Wildman–Crippen MR) is 134 cm³/mol. The molecule has 0 spiro atoms. The molecule has 0 bridgehead atoms. The lowest BCUT2D eigenvalue weighted by atomic mass is 9.95. The third-order valence-corrected chi connectivity index (χ3v) is 6.53. The maximum absolute atomic E-state index is 13.0. The van der Waals surface area contributed by atoms with Crippen LogP contribution in [0, 0.1) is 20.8 Å². The van der Waals surface area contributed by atoms with Gasteiger partial charge in [-0.2, -0.15) is 5.10 Å². The molecule has 1 aliphatic rings. The van der Waals surface area contributed by atoms with E-state index in [4.69, 9.17) is 8.83 Å². The predicted octanol–water partition coefficient (Wildman–Crippen LogP) is 4.65. The molecule has 0 saturated heterocycles. The van der Waals surface area contributed by atoms with Crippen LogP contribution in [-0.2, 0) is 26.4 Å². The summed E-state index contributed by atoms with van der Waals surface area (Å²) < 4.78 is 13.1. The number of fused-ring (bicyclic) bond motifs is 1. The smallest absolute Gasteiger partial charge is 0.270 e. The van der Waals surface area contributed by atoms with Crippen LogP contribution in [0.3, 0.4) is 0 Å². The summed E-state index contributed by atoms with van der Waals surface area (Å²) in [5.41, 5.74) is 5.00. The zero-order valence-corrected chi connectivity index (χ0v) is 20.9. The van der Waals surface area contributed by atoms with Gasteiger partial charge in [0.1, 0.15) is 28.7 Å². The molecule has 0 unspecified atom stereocenters. The molecule has 9 nitrogen and oxygen atoms in total. The lowest BCUT2D eigenvalue weighted by Crippen LogP contribution is -2.27. The number of nitrogens with zero attached hydrogens (tertiary/aromatic N) is 3. The Morgan fingerprint density at radius 1 is 1.03 bits per heavy atom. The monoisotopic (exact) mass is 487 g/mol. The molecule has 2 amide bonds. The number of rotatable bonds is 6. The Morgan fingerprint density at radius 2 is 1.81 bits per heavy atom. The second-order valence-corrected chi connectivity index (χ2v) is 9.14. The molecule has 9 heteroatoms. The van der Waals surface area contributed by atoms with Gasteiger partial charge in [-0.3, -0.25) is 14.3 Å². The van der Waals surface area contributed by atoms with Gasteiger partial charge < -0.3 is 19.5 Å². The number of amides is 2. The van der Waals surface area contributed by atoms with Crippen LogP contribution >= 0.6 is 0 Å². The molecule has 0 saturated carbocycles. The van der Waals surface area contributed by atoms with Crippen molar-refractivity contribution in [3.63, 3.8) is 0 Å². The van der Waals surface area contributed by atoms with E-state index >= 15 is 0 Å². The number of hydrogen-bond acceptors (Lipinski definition) is 6. The van der Waals surface area contributed by atoms with Crippen LogP contribution in [0.5, 0.6) is 0 Å². The molecular weight excluding hydrogens is 458 g/mol. The summed E-state index contributed by atoms with van der Waals surface area (Å²) in [6.07, 6.45) is 3.97. The summed E-state index contributed by atoms with van der Waals surface area (Å²) in [5, 5.41) is 10.4. The minimum absolute atomic E-state index is 0.171. The zero-order valence-electron chi connectivity index (χ0n) is 20.9. The van der Waals surface area contributed by atoms with Gasteiger partial charge in [-0.1, -0.05) is 12.1 Å². The number of nitrogens with one attached hydrogen (secondary N) is 2. The molecule has 1 aromatic carbocycles. The van der Waals surface area contributed by atoms with E-state index in [9.17, 15) is 9.59 Å². The molecule has 3 heterocycles. The van der Waals surface area contributed by atoms with Crippen molar-refractivity contribution in [3.8, 4) is 11.5 Å². The van der Waals surface area contributed by atoms with Crippen molar-refractivity contribution >= 4 is 17.5 Å². The standard InChI is InChI=1S/C27H29N5O4/c1-15-13-20(16(2)35-15)25(33)29-21-11-7-6-10-19(21)27-30-23(17(3)36-27)14-28-26(34)24-18-9-5-8-12-22(18)31-32(24)4/h6-7,10-11,13H,5,8-9,12,14H2,1-4H3,(H,28,34)(H,29,33). The average molecular weight is 488 g/mol. The van der Waals surface area contributed by atoms with E-state index in [1.807, 2.05) is 32.2 Å². The molecule has 1 aliphatic carbocycles. The van der Waals surface area contributed by atoms with E-state index in [1.54, 1.807) is 30.7 Å². The highest BCUT2D eigenvalue weighted by Crippen LogP contribution is 2.30. The van der Waals surface area contributed by atoms with Crippen LogP contribution in [0.15, 0.2) is 39.2 Å². The van der Waals surface area contributed by atoms with Crippen molar-refractivity contribution in [2.75, 3.05) is 5.32 Å². The number of furan rings is 1. The van der Waals surface area contributed by atoms with Gasteiger partial charge in [-0.05, 0) is 64.7 Å². The normalized spacial score (nSPS) is 12.9. The summed E-state index contributed by atoms with van der Waals surface area (Å²) >= 11 is 0. The van der Waals surface area contributed by atoms with E-state index in [-0.39, 0.29) is 18.4 Å². The summed E-state index contributed by atoms with van der Waals surface area (Å²) in [4.78, 5) is 30.5. The summed E-state index contributed by atoms with van der Waals surface area (Å²) in [6, 6.07) is 9.02. The molecule has 0 radical (unpaired) electrons. The number of para-hydroxylation sites is 1. The van der Waals surface area contributed by atoms with Crippen LogP contribution < -0.4 is 10.6 Å². The number of aryl methyl sites for hydroxylation is 5. The van der Waals surface area contributed by atoms with Gasteiger partial charge in [0.05, 0.1) is 29.1 Å². The van der Waals surface area contributed by atoms with E-state index in [0.717, 1.165) is 36.9 Å². The lowest BCUT2D eigenvalue weighted by molar-refractivity contribution is 0.0939. The largest absolute Gasteiger partial charge is 0.466 e. The highest BCUT2D eigenvalue weighted by Gasteiger charge is 2.24. The van der Waals surface area contributed by atoms with E-state index in [1.165, 1.54) is 0 Å². The van der Waals surface area contributed by atoms with Crippen molar-refractivity contribution in [1.82, 2.24) is 20.1 Å². The lowest BCUT2D eigenvalue weighted by Gasteiger charge is -2.11. The Labute approximate surface area is 208 Å². The molecule has 36 heavy (non-hydrogen) atoms. The van der Waals surface area contributed by atoms with Gasteiger partial charge >= 0.3 is 0 Å². The van der Waals surface area contributed by atoms with E-state index < -0.39 is 0 Å². The fourth-order valence-corrected chi connectivity index (χ4v) is 4.74. The number of carbonyl (C=O) groups excluding carboxylic acids is 2. The number of benzene rings is 1. The van der Waals surface area contributed by atoms with E-state index in [2.05, 4.69) is 20.7 Å². The Kier molecular flexibility index (Phi) is 6.22. The van der Waals surface area contributed by atoms with Crippen molar-refractivity contribution in [1.29, 1.82) is 0 Å². The van der Waals surface area contributed by atoms with Crippen LogP contribution in [0.2, 0.25) is 0 Å². The summed E-state index contributed by atoms with van der Waals surface area (Å²) in [5.74, 6) is 1.75. The Hall–Kier alpha value is -4.14. The Balaban J connectivity index is 1.34. The quantitative estimate of drug-likeness (QED) is 0.409. The topological polar surface area (TPSA) is 115 Å². The first-order valence-corrected chi connectivity index (χ1v) is 12.1. The van der Waals surface area contributed by atoms with Crippen molar-refractivity contribution < 1.29 is 18.4 Å². The fourth-order valence-electron chi connectivity index (χ4n) is 4.74. The maximum Gasteiger partial charge on any atom is 0.270 e. The van der Waals surface area contributed by atoms with Gasteiger partial charge in [-0.15, -0.1) is 0 Å². The minimum Gasteiger partial charge on any atom is -0.466 e. The molecule has 0 aliphatic heterocycles. The van der Waals surface area contributed by atoms with Gasteiger partial charge in [-0.25, -0.2) is 4.98 Å². The molecule has 0 atom stereocenters. The molecule has 5 rings (SSSR count). The average Bonchev–Trinajstić information content (AvgIpc) is 3.50. The van der Waals surface area contributed by atoms with Crippen molar-refractivity contribution in [3.05, 3.63) is 75.8 Å². The first-order chi connectivity index (χ1) is 17.3. The zero-order chi connectivity index (χ0) is 25.4. The molecule has 186 valence electrons. The van der Waals surface area contributed by atoms with Gasteiger partial charge in [0.2, 0.25) is 5.89 Å². The van der Waals surface area contributed by atoms with Crippen LogP contribution in [0.4, 0.5) is 5.69 Å². The number of carbonyl (C=O) groups is 2. The molecule has 2 N–H and O–H groups in total. The molecular formula is C27H29N5O4. The second kappa shape index (κ2) is 9.49. The minimum atomic E-state index is -0.271. The first kappa shape index (κ1) is 23.6. The molecule has 4 aromatic rings. The van der Waals surface area contributed by atoms with Crippen molar-refractivity contribution in [2.45, 2.75) is 53.0 Å². The van der Waals surface area contributed by atoms with E-state index in [0.29, 0.717) is 51.4 Å². The highest BCUT2D eigenvalue weighted by molar-refractivity contribution is 6.06. The van der Waals surface area contributed by atoms with Gasteiger partial charge in [0.25, 0.3) is 11.8 Å². The summed E-state index contributed by atoms with van der Waals surface area (Å²) in [7, 11) is 1.81. The highest BCUT2D eigenvalue weighted by atomic mass is 16.4. The van der Waals surface area contributed by atoms with Crippen LogP contribution in [-0.4, -0.2) is 26.6 Å². The number of aromatic nitrogens is 3. The third-order valence-electron chi connectivity index (χ3n) is 6.53. The second-order valence-electron chi connectivity index (χ2n) is 9.14. The number of hydrogen-bond donors (Lipinski definition) is 2. The SMILES string of the molecule is Cc1cc(C(=O)Nc2ccccc2-c2nc(CNC(=O)c3c4c(nn3C)CCCC4)c(C)o2)c(C)o1. The Bertz CT molecular complexity index is 1460. The molecule has 3 aromatic heterocycles. The van der Waals surface area contributed by atoms with Crippen LogP contribution in [0.25, 0.3) is 11.5 Å². The number of oxazole rings is 1. The fraction of sp³-hybridized carbons (Fsp3) is 0.333. The van der Waals surface area contributed by atoms with Gasteiger partial charge in [0.15, 0.2) is 0 Å². The first-order valence-electron chi connectivity index (χ1n) is 12.1. The maximum atomic E-state index is 13.0. The number of anilines is 1. The third kappa shape index (κ3) is 4.44. The van der Waals surface area contributed by atoms with Gasteiger partial charge in [0, 0.05) is 12.6 Å². The van der Waals surface area contributed by atoms with Crippen molar-refractivity contribution in [2.24, 2.45) is 7.05 Å². The summed E-state index contributed by atoms with van der Waals surface area (Å²) in [6.45, 7) is 5.59. The Morgan fingerprint density at radius 3 is 2.58 bits per heavy atom. The molecule has 0 fully saturated rings.